The lowest BCUT2D eigenvalue weighted by atomic mass is 10.1. The number of halogens is 2. The normalized spacial score (nSPS) is 13.5. The molecule has 2 N–H and O–H groups in total. The summed E-state index contributed by atoms with van der Waals surface area (Å²) >= 11 is 1.54. The number of nitrogens with one attached hydrogen (secondary N) is 2. The van der Waals surface area contributed by atoms with Gasteiger partial charge in [-0.3, -0.25) is 0 Å². The fourth-order valence-corrected chi connectivity index (χ4v) is 2.62. The summed E-state index contributed by atoms with van der Waals surface area (Å²) in [6.07, 6.45) is 1.72. The number of rotatable bonds is 5. The molecule has 0 bridgehead atoms. The third kappa shape index (κ3) is 4.24. The van der Waals surface area contributed by atoms with Crippen LogP contribution in [0.3, 0.4) is 0 Å². The predicted molar refractivity (Wildman–Crippen MR) is 81.8 cm³/mol. The Kier molecular flexibility index (Phi) is 5.43. The van der Waals surface area contributed by atoms with Gasteiger partial charge in [-0.05, 0) is 24.6 Å². The van der Waals surface area contributed by atoms with E-state index >= 15 is 0 Å². The molecule has 2 amide bonds. The van der Waals surface area contributed by atoms with Crippen molar-refractivity contribution in [1.82, 2.24) is 15.6 Å². The second kappa shape index (κ2) is 7.31. The molecule has 0 aliphatic heterocycles. The molecule has 118 valence electrons. The smallest absolute Gasteiger partial charge is 0.315 e. The van der Waals surface area contributed by atoms with Gasteiger partial charge in [0.2, 0.25) is 0 Å². The van der Waals surface area contributed by atoms with Gasteiger partial charge >= 0.3 is 6.03 Å². The van der Waals surface area contributed by atoms with E-state index in [0.717, 1.165) is 17.1 Å². The average Bonchev–Trinajstić information content (AvgIpc) is 3.02. The molecule has 0 unspecified atom stereocenters. The van der Waals surface area contributed by atoms with E-state index in [1.165, 1.54) is 17.4 Å². The number of thiazole rings is 1. The van der Waals surface area contributed by atoms with E-state index in [4.69, 9.17) is 0 Å². The van der Waals surface area contributed by atoms with Gasteiger partial charge in [0.1, 0.15) is 0 Å². The number of hydrogen-bond acceptors (Lipinski definition) is 3. The van der Waals surface area contributed by atoms with Crippen molar-refractivity contribution in [2.75, 3.05) is 6.54 Å². The van der Waals surface area contributed by atoms with Crippen molar-refractivity contribution in [3.05, 3.63) is 52.0 Å². The Morgan fingerprint density at radius 2 is 2.09 bits per heavy atom. The molecule has 4 nitrogen and oxygen atoms in total. The highest BCUT2D eigenvalue weighted by Crippen LogP contribution is 2.17. The first-order valence-corrected chi connectivity index (χ1v) is 7.74. The van der Waals surface area contributed by atoms with Gasteiger partial charge in [0.25, 0.3) is 0 Å². The molecule has 1 heterocycles. The second-order valence-electron chi connectivity index (χ2n) is 5.02. The molecule has 22 heavy (non-hydrogen) atoms. The highest BCUT2D eigenvalue weighted by atomic mass is 32.1. The molecule has 0 saturated carbocycles. The number of hydrogen-bond donors (Lipinski definition) is 2. The molecule has 1 aromatic heterocycles. The van der Waals surface area contributed by atoms with E-state index in [9.17, 15) is 13.6 Å². The molecular weight excluding hydrogens is 308 g/mol. The van der Waals surface area contributed by atoms with Crippen molar-refractivity contribution < 1.29 is 13.6 Å². The first-order valence-electron chi connectivity index (χ1n) is 6.86. The fraction of sp³-hybridized carbons (Fsp3) is 0.333. The quantitative estimate of drug-likeness (QED) is 0.883. The van der Waals surface area contributed by atoms with E-state index in [0.29, 0.717) is 12.1 Å². The lowest BCUT2D eigenvalue weighted by Gasteiger charge is -2.16. The van der Waals surface area contributed by atoms with Crippen molar-refractivity contribution in [2.45, 2.75) is 25.8 Å². The predicted octanol–water partition coefficient (Wildman–Crippen LogP) is 3.59. The monoisotopic (exact) mass is 325 g/mol. The number of urea groups is 1. The number of benzene rings is 1. The third-order valence-electron chi connectivity index (χ3n) is 3.23. The number of amides is 2. The SMILES string of the molecule is C[C@H](CNC(=O)N[C@@H](C)c1ccc(F)c(F)c1)c1nccs1. The van der Waals surface area contributed by atoms with Gasteiger partial charge in [0.15, 0.2) is 11.6 Å². The van der Waals surface area contributed by atoms with Gasteiger partial charge in [0.05, 0.1) is 11.0 Å². The zero-order valence-corrected chi connectivity index (χ0v) is 13.1. The van der Waals surface area contributed by atoms with Crippen LogP contribution in [0.4, 0.5) is 13.6 Å². The molecule has 0 aliphatic carbocycles. The summed E-state index contributed by atoms with van der Waals surface area (Å²) in [7, 11) is 0. The van der Waals surface area contributed by atoms with Gasteiger partial charge in [-0.2, -0.15) is 0 Å². The Hall–Kier alpha value is -2.02. The largest absolute Gasteiger partial charge is 0.337 e. The maximum Gasteiger partial charge on any atom is 0.315 e. The Morgan fingerprint density at radius 3 is 2.73 bits per heavy atom. The molecule has 2 aromatic rings. The van der Waals surface area contributed by atoms with Crippen LogP contribution in [0, 0.1) is 11.6 Å². The second-order valence-corrected chi connectivity index (χ2v) is 5.95. The summed E-state index contributed by atoms with van der Waals surface area (Å²) in [6.45, 7) is 4.12. The van der Waals surface area contributed by atoms with Gasteiger partial charge in [-0.15, -0.1) is 11.3 Å². The van der Waals surface area contributed by atoms with E-state index in [1.54, 1.807) is 13.1 Å². The van der Waals surface area contributed by atoms with Crippen LogP contribution in [-0.4, -0.2) is 17.6 Å². The lowest BCUT2D eigenvalue weighted by Crippen LogP contribution is -2.38. The third-order valence-corrected chi connectivity index (χ3v) is 4.24. The Bertz CT molecular complexity index is 634. The van der Waals surface area contributed by atoms with Gasteiger partial charge in [0, 0.05) is 24.0 Å². The van der Waals surface area contributed by atoms with Gasteiger partial charge in [-0.25, -0.2) is 18.6 Å². The number of carbonyl (C=O) groups is 1. The van der Waals surface area contributed by atoms with Crippen molar-refractivity contribution >= 4 is 17.4 Å². The van der Waals surface area contributed by atoms with Crippen LogP contribution in [-0.2, 0) is 0 Å². The Balaban J connectivity index is 1.84. The standard InChI is InChI=1S/C15H17F2N3OS/c1-9(14-18-5-6-22-14)8-19-15(21)20-10(2)11-3-4-12(16)13(17)7-11/h3-7,9-10H,8H2,1-2H3,(H2,19,20,21)/t9-,10+/m1/s1. The summed E-state index contributed by atoms with van der Waals surface area (Å²) in [5.41, 5.74) is 0.502. The maximum atomic E-state index is 13.2. The molecule has 0 fully saturated rings. The van der Waals surface area contributed by atoms with Crippen molar-refractivity contribution in [3.63, 3.8) is 0 Å². The number of nitrogens with zero attached hydrogens (tertiary/aromatic N) is 1. The number of carbonyl (C=O) groups excluding carboxylic acids is 1. The Labute approximate surface area is 131 Å². The Morgan fingerprint density at radius 1 is 1.32 bits per heavy atom. The lowest BCUT2D eigenvalue weighted by molar-refractivity contribution is 0.237. The molecular formula is C15H17F2N3OS. The number of aromatic nitrogens is 1. The van der Waals surface area contributed by atoms with Gasteiger partial charge < -0.3 is 10.6 Å². The van der Waals surface area contributed by atoms with Crippen LogP contribution in [0.1, 0.15) is 36.4 Å². The minimum atomic E-state index is -0.927. The van der Waals surface area contributed by atoms with Crippen LogP contribution in [0.5, 0.6) is 0 Å². The van der Waals surface area contributed by atoms with Crippen LogP contribution >= 0.6 is 11.3 Å². The highest BCUT2D eigenvalue weighted by Gasteiger charge is 2.13. The fourth-order valence-electron chi connectivity index (χ4n) is 1.92. The van der Waals surface area contributed by atoms with E-state index in [2.05, 4.69) is 15.6 Å². The zero-order valence-electron chi connectivity index (χ0n) is 12.3. The summed E-state index contributed by atoms with van der Waals surface area (Å²) < 4.78 is 26.1. The minimum absolute atomic E-state index is 0.115. The summed E-state index contributed by atoms with van der Waals surface area (Å²) in [5.74, 6) is -1.72. The zero-order chi connectivity index (χ0) is 16.1. The van der Waals surface area contributed by atoms with Crippen LogP contribution < -0.4 is 10.6 Å². The summed E-state index contributed by atoms with van der Waals surface area (Å²) in [5, 5.41) is 8.27. The molecule has 0 radical (unpaired) electrons. The van der Waals surface area contributed by atoms with E-state index in [-0.39, 0.29) is 11.9 Å². The van der Waals surface area contributed by atoms with E-state index < -0.39 is 17.7 Å². The minimum Gasteiger partial charge on any atom is -0.337 e. The van der Waals surface area contributed by atoms with Crippen molar-refractivity contribution in [2.24, 2.45) is 0 Å². The first kappa shape index (κ1) is 16.4. The van der Waals surface area contributed by atoms with Crippen LogP contribution in [0.15, 0.2) is 29.8 Å². The van der Waals surface area contributed by atoms with E-state index in [1.807, 2.05) is 12.3 Å². The van der Waals surface area contributed by atoms with Crippen LogP contribution in [0.25, 0.3) is 0 Å². The molecule has 1 aromatic carbocycles. The van der Waals surface area contributed by atoms with Gasteiger partial charge in [-0.1, -0.05) is 13.0 Å². The summed E-state index contributed by atoms with van der Waals surface area (Å²) in [4.78, 5) is 16.0. The van der Waals surface area contributed by atoms with Crippen LogP contribution in [0.2, 0.25) is 0 Å². The molecule has 2 rings (SSSR count). The molecule has 7 heteroatoms. The maximum absolute atomic E-state index is 13.2. The molecule has 0 saturated heterocycles. The van der Waals surface area contributed by atoms with Crippen molar-refractivity contribution in [3.8, 4) is 0 Å². The first-order chi connectivity index (χ1) is 10.5. The summed E-state index contributed by atoms with van der Waals surface area (Å²) in [6, 6.07) is 2.79. The molecule has 0 spiro atoms. The topological polar surface area (TPSA) is 54.0 Å². The molecule has 0 aliphatic rings. The average molecular weight is 325 g/mol. The highest BCUT2D eigenvalue weighted by molar-refractivity contribution is 7.09. The molecule has 2 atom stereocenters. The van der Waals surface area contributed by atoms with Crippen molar-refractivity contribution in [1.29, 1.82) is 0 Å².